The maximum absolute atomic E-state index is 14.2. The summed E-state index contributed by atoms with van der Waals surface area (Å²) >= 11 is 0. The molecule has 126 valence electrons. The van der Waals surface area contributed by atoms with E-state index >= 15 is 0 Å². The molecule has 1 amide bonds. The summed E-state index contributed by atoms with van der Waals surface area (Å²) in [5.41, 5.74) is 0.789. The van der Waals surface area contributed by atoms with Crippen LogP contribution in [0.2, 0.25) is 0 Å². The summed E-state index contributed by atoms with van der Waals surface area (Å²) in [6.45, 7) is 4.88. The molecule has 0 unspecified atom stereocenters. The van der Waals surface area contributed by atoms with Crippen molar-refractivity contribution in [1.29, 1.82) is 0 Å². The molecule has 0 atom stereocenters. The zero-order chi connectivity index (χ0) is 17.7. The van der Waals surface area contributed by atoms with Crippen molar-refractivity contribution >= 4 is 11.9 Å². The van der Waals surface area contributed by atoms with Gasteiger partial charge in [-0.15, -0.1) is 0 Å². The van der Waals surface area contributed by atoms with Crippen LogP contribution >= 0.6 is 0 Å². The second kappa shape index (κ2) is 7.25. The summed E-state index contributed by atoms with van der Waals surface area (Å²) in [4.78, 5) is 23.6. The maximum atomic E-state index is 14.2. The lowest BCUT2D eigenvalue weighted by Crippen LogP contribution is -2.34. The summed E-state index contributed by atoms with van der Waals surface area (Å²) in [5.74, 6) is -1.87. The fraction of sp³-hybridized carbons (Fsp3) is 0.263. The van der Waals surface area contributed by atoms with Crippen molar-refractivity contribution in [3.8, 4) is 11.1 Å². The van der Waals surface area contributed by atoms with Crippen LogP contribution in [0, 0.1) is 5.82 Å². The monoisotopic (exact) mass is 329 g/mol. The molecule has 24 heavy (non-hydrogen) atoms. The van der Waals surface area contributed by atoms with Gasteiger partial charge in [-0.2, -0.15) is 0 Å². The molecule has 0 aliphatic carbocycles. The van der Waals surface area contributed by atoms with E-state index in [-0.39, 0.29) is 12.1 Å². The smallest absolute Gasteiger partial charge is 0.325 e. The van der Waals surface area contributed by atoms with Crippen LogP contribution in [0.1, 0.15) is 31.1 Å². The standard InChI is InChI=1S/C19H20FNO3/c1-19(2,3)24-17(22)12-21-18(23)15-10-9-14(11-16(15)20)13-7-5-4-6-8-13/h4-11H,12H2,1-3H3,(H,21,23). The number of esters is 1. The van der Waals surface area contributed by atoms with Gasteiger partial charge < -0.3 is 10.1 Å². The predicted molar refractivity (Wildman–Crippen MR) is 90.0 cm³/mol. The van der Waals surface area contributed by atoms with E-state index in [9.17, 15) is 14.0 Å². The number of carbonyl (C=O) groups excluding carboxylic acids is 2. The molecule has 0 spiro atoms. The van der Waals surface area contributed by atoms with Crippen molar-refractivity contribution in [3.05, 3.63) is 59.9 Å². The molecule has 0 heterocycles. The summed E-state index contributed by atoms with van der Waals surface area (Å²) in [6, 6.07) is 13.7. The van der Waals surface area contributed by atoms with Crippen LogP contribution < -0.4 is 5.32 Å². The Hall–Kier alpha value is -2.69. The van der Waals surface area contributed by atoms with Gasteiger partial charge in [-0.25, -0.2) is 4.39 Å². The van der Waals surface area contributed by atoms with E-state index < -0.39 is 23.3 Å². The van der Waals surface area contributed by atoms with Gasteiger partial charge in [-0.05, 0) is 44.0 Å². The van der Waals surface area contributed by atoms with Crippen molar-refractivity contribution in [2.45, 2.75) is 26.4 Å². The van der Waals surface area contributed by atoms with Gasteiger partial charge in [0.25, 0.3) is 5.91 Å². The minimum atomic E-state index is -0.655. The Morgan fingerprint density at radius 1 is 1.04 bits per heavy atom. The lowest BCUT2D eigenvalue weighted by molar-refractivity contribution is -0.153. The molecule has 0 aromatic heterocycles. The average molecular weight is 329 g/mol. The molecule has 0 aliphatic heterocycles. The molecule has 0 fully saturated rings. The third-order valence-corrected chi connectivity index (χ3v) is 3.13. The minimum absolute atomic E-state index is 0.113. The van der Waals surface area contributed by atoms with E-state index in [1.165, 1.54) is 12.1 Å². The topological polar surface area (TPSA) is 55.4 Å². The highest BCUT2D eigenvalue weighted by Gasteiger charge is 2.18. The number of benzene rings is 2. The van der Waals surface area contributed by atoms with Crippen LogP contribution in [0.3, 0.4) is 0 Å². The second-order valence-corrected chi connectivity index (χ2v) is 6.33. The van der Waals surface area contributed by atoms with Gasteiger partial charge in [0.2, 0.25) is 0 Å². The van der Waals surface area contributed by atoms with E-state index in [1.54, 1.807) is 26.8 Å². The third kappa shape index (κ3) is 4.91. The van der Waals surface area contributed by atoms with Crippen LogP contribution in [-0.4, -0.2) is 24.0 Å². The molecule has 0 saturated carbocycles. The van der Waals surface area contributed by atoms with Crippen LogP contribution in [-0.2, 0) is 9.53 Å². The first-order valence-corrected chi connectivity index (χ1v) is 7.61. The fourth-order valence-corrected chi connectivity index (χ4v) is 2.13. The number of ether oxygens (including phenoxy) is 1. The lowest BCUT2D eigenvalue weighted by atomic mass is 10.0. The Morgan fingerprint density at radius 3 is 2.29 bits per heavy atom. The zero-order valence-corrected chi connectivity index (χ0v) is 13.9. The number of rotatable bonds is 4. The Balaban J connectivity index is 2.04. The SMILES string of the molecule is CC(C)(C)OC(=O)CNC(=O)c1ccc(-c2ccccc2)cc1F. The molecule has 1 N–H and O–H groups in total. The summed E-state index contributed by atoms with van der Waals surface area (Å²) in [7, 11) is 0. The van der Waals surface area contributed by atoms with Gasteiger partial charge in [-0.3, -0.25) is 9.59 Å². The van der Waals surface area contributed by atoms with Crippen LogP contribution in [0.25, 0.3) is 11.1 Å². The van der Waals surface area contributed by atoms with E-state index in [0.29, 0.717) is 5.56 Å². The third-order valence-electron chi connectivity index (χ3n) is 3.13. The van der Waals surface area contributed by atoms with Crippen LogP contribution in [0.15, 0.2) is 48.5 Å². The Kier molecular flexibility index (Phi) is 5.34. The number of hydrogen-bond acceptors (Lipinski definition) is 3. The van der Waals surface area contributed by atoms with Gasteiger partial charge >= 0.3 is 5.97 Å². The molecular formula is C19H20FNO3. The largest absolute Gasteiger partial charge is 0.459 e. The van der Waals surface area contributed by atoms with E-state index in [4.69, 9.17) is 4.74 Å². The lowest BCUT2D eigenvalue weighted by Gasteiger charge is -2.19. The van der Waals surface area contributed by atoms with Gasteiger partial charge in [-0.1, -0.05) is 36.4 Å². The van der Waals surface area contributed by atoms with Crippen molar-refractivity contribution in [2.75, 3.05) is 6.54 Å². The molecule has 0 aliphatic rings. The maximum Gasteiger partial charge on any atom is 0.325 e. The highest BCUT2D eigenvalue weighted by molar-refractivity contribution is 5.96. The Labute approximate surface area is 140 Å². The van der Waals surface area contributed by atoms with Crippen LogP contribution in [0.5, 0.6) is 0 Å². The molecule has 0 bridgehead atoms. The molecule has 0 radical (unpaired) electrons. The number of hydrogen-bond donors (Lipinski definition) is 1. The van der Waals surface area contributed by atoms with Crippen LogP contribution in [0.4, 0.5) is 4.39 Å². The van der Waals surface area contributed by atoms with Gasteiger partial charge in [0.15, 0.2) is 0 Å². The van der Waals surface area contributed by atoms with E-state index in [2.05, 4.69) is 5.32 Å². The highest BCUT2D eigenvalue weighted by atomic mass is 19.1. The van der Waals surface area contributed by atoms with Gasteiger partial charge in [0.05, 0.1) is 5.56 Å². The minimum Gasteiger partial charge on any atom is -0.459 e. The van der Waals surface area contributed by atoms with E-state index in [0.717, 1.165) is 5.56 Å². The first-order chi connectivity index (χ1) is 11.3. The van der Waals surface area contributed by atoms with Gasteiger partial charge in [0.1, 0.15) is 18.0 Å². The average Bonchev–Trinajstić information content (AvgIpc) is 2.52. The van der Waals surface area contributed by atoms with Crippen molar-refractivity contribution in [3.63, 3.8) is 0 Å². The number of nitrogens with one attached hydrogen (secondary N) is 1. The summed E-state index contributed by atoms with van der Waals surface area (Å²) < 4.78 is 19.3. The molecule has 2 aromatic carbocycles. The molecule has 5 heteroatoms. The van der Waals surface area contributed by atoms with Crippen molar-refractivity contribution < 1.29 is 18.7 Å². The predicted octanol–water partition coefficient (Wildman–Crippen LogP) is 3.56. The summed E-state index contributed by atoms with van der Waals surface area (Å²) in [6.07, 6.45) is 0. The molecule has 4 nitrogen and oxygen atoms in total. The first-order valence-electron chi connectivity index (χ1n) is 7.61. The number of amides is 1. The van der Waals surface area contributed by atoms with Gasteiger partial charge in [0, 0.05) is 0 Å². The Morgan fingerprint density at radius 2 is 1.71 bits per heavy atom. The quantitative estimate of drug-likeness (QED) is 0.873. The zero-order valence-electron chi connectivity index (χ0n) is 13.9. The molecule has 2 rings (SSSR count). The Bertz CT molecular complexity index is 736. The number of carbonyl (C=O) groups is 2. The molecular weight excluding hydrogens is 309 g/mol. The summed E-state index contributed by atoms with van der Waals surface area (Å²) in [5, 5.41) is 2.37. The molecule has 0 saturated heterocycles. The second-order valence-electron chi connectivity index (χ2n) is 6.33. The highest BCUT2D eigenvalue weighted by Crippen LogP contribution is 2.21. The van der Waals surface area contributed by atoms with E-state index in [1.807, 2.05) is 30.3 Å². The van der Waals surface area contributed by atoms with Crippen molar-refractivity contribution in [1.82, 2.24) is 5.32 Å². The first kappa shape index (κ1) is 17.7. The van der Waals surface area contributed by atoms with Crippen molar-refractivity contribution in [2.24, 2.45) is 0 Å². The number of halogens is 1. The molecule has 2 aromatic rings. The fourth-order valence-electron chi connectivity index (χ4n) is 2.13. The normalized spacial score (nSPS) is 11.0.